The Hall–Kier alpha value is -4.70. The van der Waals surface area contributed by atoms with Crippen LogP contribution in [0.15, 0.2) is 83.3 Å². The average Bonchev–Trinajstić information content (AvgIpc) is 3.62. The number of hydrogen-bond donors (Lipinski definition) is 0. The summed E-state index contributed by atoms with van der Waals surface area (Å²) in [5.41, 5.74) is 24.4. The molecule has 0 radical (unpaired) electrons. The molecular formula is C62H75BN2O. The second kappa shape index (κ2) is 13.7. The van der Waals surface area contributed by atoms with Crippen LogP contribution in [0, 0.1) is 0 Å². The standard InChI is InChI=1S/C62H75BN2O/c1-17-37-30-50-53-51(31-37)65(40-22-23-42-43(32-40)58(7,8)25-24-57(42,5)6)54-41-33-44-47(62(15,16)29-26-59(44,9)10)36-52(41)66-55(54)63(53)48-34-45-46(61(13,14)28-27-60(45,11)12)35-49(48)64(50)39-20-18-38(19-21-39)56(2,3)4/h18-23,30-36H,17,24-29H2,1-16H3. The number of benzene rings is 5. The van der Waals surface area contributed by atoms with Gasteiger partial charge in [0.25, 0.3) is 6.71 Å². The maximum atomic E-state index is 7.69. The smallest absolute Gasteiger partial charge is 0.297 e. The molecule has 0 bridgehead atoms. The summed E-state index contributed by atoms with van der Waals surface area (Å²) >= 11 is 0. The zero-order chi connectivity index (χ0) is 47.1. The SMILES string of the molecule is CCc1cc2c3c(c1)N(c1ccc4c(c1)C(C)(C)CCC4(C)C)c1c(oc4cc5c(cc14)C(C)(C)CCC5(C)C)B3c1cc3c(cc1N2c1ccc(C(C)(C)C)cc1)C(C)(C)CCC3(C)C. The fourth-order valence-corrected chi connectivity index (χ4v) is 13.2. The number of hydrogen-bond acceptors (Lipinski definition) is 3. The van der Waals surface area contributed by atoms with E-state index in [1.54, 1.807) is 0 Å². The molecule has 3 heterocycles. The fourth-order valence-electron chi connectivity index (χ4n) is 13.2. The van der Waals surface area contributed by atoms with Crippen LogP contribution in [0.2, 0.25) is 0 Å². The van der Waals surface area contributed by atoms with E-state index < -0.39 is 0 Å². The molecule has 5 aromatic carbocycles. The molecule has 66 heavy (non-hydrogen) atoms. The van der Waals surface area contributed by atoms with Crippen LogP contribution in [0.1, 0.15) is 194 Å². The summed E-state index contributed by atoms with van der Waals surface area (Å²) < 4.78 is 7.69. The van der Waals surface area contributed by atoms with Gasteiger partial charge in [0.1, 0.15) is 5.58 Å². The van der Waals surface area contributed by atoms with Crippen LogP contribution in [0.25, 0.3) is 11.0 Å². The second-order valence-corrected chi connectivity index (χ2v) is 26.5. The van der Waals surface area contributed by atoms with E-state index in [0.717, 1.165) is 17.7 Å². The van der Waals surface area contributed by atoms with Gasteiger partial charge in [-0.3, -0.25) is 0 Å². The summed E-state index contributed by atoms with van der Waals surface area (Å²) in [6, 6.07) is 32.4. The monoisotopic (exact) mass is 875 g/mol. The highest BCUT2D eigenvalue weighted by Gasteiger charge is 2.50. The number of anilines is 6. The van der Waals surface area contributed by atoms with Gasteiger partial charge in [0.2, 0.25) is 0 Å². The minimum Gasteiger partial charge on any atom is -0.468 e. The van der Waals surface area contributed by atoms with Gasteiger partial charge in [0.05, 0.1) is 11.3 Å². The van der Waals surface area contributed by atoms with E-state index in [1.165, 1.54) is 133 Å². The average molecular weight is 875 g/mol. The van der Waals surface area contributed by atoms with Crippen LogP contribution in [0.5, 0.6) is 0 Å². The molecule has 0 atom stereocenters. The van der Waals surface area contributed by atoms with Crippen LogP contribution in [-0.2, 0) is 44.3 Å². The molecule has 2 aliphatic heterocycles. The van der Waals surface area contributed by atoms with Crippen molar-refractivity contribution in [2.75, 3.05) is 9.80 Å². The Balaban J connectivity index is 1.28. The molecule has 11 rings (SSSR count). The summed E-state index contributed by atoms with van der Waals surface area (Å²) in [5, 5.41) is 1.24. The van der Waals surface area contributed by atoms with Crippen LogP contribution < -0.4 is 26.4 Å². The lowest BCUT2D eigenvalue weighted by Gasteiger charge is -2.47. The number of rotatable bonds is 3. The molecule has 5 aliphatic rings. The van der Waals surface area contributed by atoms with Gasteiger partial charge < -0.3 is 14.2 Å². The Kier molecular flexibility index (Phi) is 9.12. The van der Waals surface area contributed by atoms with Gasteiger partial charge in [-0.25, -0.2) is 0 Å². The lowest BCUT2D eigenvalue weighted by molar-refractivity contribution is 0.332. The molecule has 0 saturated carbocycles. The van der Waals surface area contributed by atoms with Crippen molar-refractivity contribution in [1.29, 1.82) is 0 Å². The molecule has 1 aromatic heterocycles. The summed E-state index contributed by atoms with van der Waals surface area (Å²) in [5.74, 6) is 0. The van der Waals surface area contributed by atoms with Crippen LogP contribution in [0.4, 0.5) is 34.1 Å². The van der Waals surface area contributed by atoms with Gasteiger partial charge in [-0.1, -0.05) is 135 Å². The minimum atomic E-state index is -0.0863. The Bertz CT molecular complexity index is 3020. The van der Waals surface area contributed by atoms with Gasteiger partial charge >= 0.3 is 0 Å². The lowest BCUT2D eigenvalue weighted by atomic mass is 9.35. The molecule has 0 spiro atoms. The molecule has 0 fully saturated rings. The summed E-state index contributed by atoms with van der Waals surface area (Å²) in [7, 11) is 0. The first-order chi connectivity index (χ1) is 30.7. The first-order valence-electron chi connectivity index (χ1n) is 25.6. The van der Waals surface area contributed by atoms with E-state index in [4.69, 9.17) is 4.42 Å². The highest BCUT2D eigenvalue weighted by molar-refractivity contribution is 7.00. The first-order valence-corrected chi connectivity index (χ1v) is 25.6. The molecular weight excluding hydrogens is 800 g/mol. The Morgan fingerprint density at radius 1 is 0.500 bits per heavy atom. The van der Waals surface area contributed by atoms with Crippen LogP contribution >= 0.6 is 0 Å². The summed E-state index contributed by atoms with van der Waals surface area (Å²) in [4.78, 5) is 5.31. The maximum Gasteiger partial charge on any atom is 0.297 e. The molecule has 0 amide bonds. The number of fused-ring (bicyclic) bond motifs is 9. The molecule has 0 unspecified atom stereocenters. The quantitative estimate of drug-likeness (QED) is 0.165. The van der Waals surface area contributed by atoms with Gasteiger partial charge in [0, 0.05) is 33.8 Å². The van der Waals surface area contributed by atoms with E-state index in [9.17, 15) is 0 Å². The number of nitrogens with zero attached hydrogens (tertiary/aromatic N) is 2. The van der Waals surface area contributed by atoms with Gasteiger partial charge in [-0.2, -0.15) is 0 Å². The zero-order valence-corrected chi connectivity index (χ0v) is 43.3. The van der Waals surface area contributed by atoms with Crippen molar-refractivity contribution in [3.63, 3.8) is 0 Å². The molecule has 4 heteroatoms. The highest BCUT2D eigenvalue weighted by atomic mass is 16.3. The Labute approximate surface area is 397 Å². The van der Waals surface area contributed by atoms with Crippen molar-refractivity contribution in [2.24, 2.45) is 0 Å². The van der Waals surface area contributed by atoms with E-state index in [2.05, 4.69) is 199 Å². The van der Waals surface area contributed by atoms with E-state index in [0.29, 0.717) is 0 Å². The molecule has 3 aliphatic carbocycles. The van der Waals surface area contributed by atoms with Crippen molar-refractivity contribution in [1.82, 2.24) is 0 Å². The number of aryl methyl sites for hydroxylation is 1. The van der Waals surface area contributed by atoms with E-state index >= 15 is 0 Å². The first kappa shape index (κ1) is 43.8. The third-order valence-electron chi connectivity index (χ3n) is 18.2. The minimum absolute atomic E-state index is 0.0472. The topological polar surface area (TPSA) is 19.6 Å². The van der Waals surface area contributed by atoms with Crippen molar-refractivity contribution in [3.8, 4) is 0 Å². The van der Waals surface area contributed by atoms with Crippen LogP contribution in [0.3, 0.4) is 0 Å². The molecule has 6 aromatic rings. The van der Waals surface area contributed by atoms with Gasteiger partial charge in [-0.05, 0) is 193 Å². The van der Waals surface area contributed by atoms with Crippen molar-refractivity contribution < 1.29 is 4.42 Å². The third kappa shape index (κ3) is 6.27. The van der Waals surface area contributed by atoms with Gasteiger partial charge in [-0.15, -0.1) is 0 Å². The predicted molar refractivity (Wildman–Crippen MR) is 284 cm³/mol. The molecule has 0 saturated heterocycles. The van der Waals surface area contributed by atoms with E-state index in [1.807, 2.05) is 0 Å². The lowest BCUT2D eigenvalue weighted by Crippen LogP contribution is -2.61. The van der Waals surface area contributed by atoms with Crippen LogP contribution in [-0.4, -0.2) is 6.71 Å². The molecule has 0 N–H and O–H groups in total. The largest absolute Gasteiger partial charge is 0.468 e. The second-order valence-electron chi connectivity index (χ2n) is 26.5. The highest BCUT2D eigenvalue weighted by Crippen LogP contribution is 2.55. The predicted octanol–water partition coefficient (Wildman–Crippen LogP) is 15.4. The summed E-state index contributed by atoms with van der Waals surface area (Å²) in [6.07, 6.45) is 7.99. The Morgan fingerprint density at radius 3 is 1.52 bits per heavy atom. The molecule has 342 valence electrons. The maximum absolute atomic E-state index is 7.69. The van der Waals surface area contributed by atoms with Crippen molar-refractivity contribution >= 4 is 68.4 Å². The van der Waals surface area contributed by atoms with Gasteiger partial charge in [0.15, 0.2) is 0 Å². The summed E-state index contributed by atoms with van der Waals surface area (Å²) in [6.45, 7) is 38.8. The van der Waals surface area contributed by atoms with Crippen molar-refractivity contribution in [2.45, 2.75) is 194 Å². The normalized spacial score (nSPS) is 21.1. The van der Waals surface area contributed by atoms with E-state index in [-0.39, 0.29) is 44.6 Å². The fraction of sp³-hybridized carbons (Fsp3) is 0.484. The third-order valence-corrected chi connectivity index (χ3v) is 18.2. The van der Waals surface area contributed by atoms with Crippen molar-refractivity contribution in [3.05, 3.63) is 123 Å². The zero-order valence-electron chi connectivity index (χ0n) is 43.3. The number of furan rings is 1. The Morgan fingerprint density at radius 2 is 0.970 bits per heavy atom. The molecule has 3 nitrogen and oxygen atoms in total.